The molecule has 2 atom stereocenters. The van der Waals surface area contributed by atoms with Crippen LogP contribution in [0.5, 0.6) is 5.75 Å². The number of ether oxygens (including phenoxy) is 1. The number of carbonyl (C=O) groups is 1. The molecule has 202 valence electrons. The van der Waals surface area contributed by atoms with Gasteiger partial charge in [0.2, 0.25) is 5.91 Å². The molecule has 1 aromatic heterocycles. The Kier molecular flexibility index (Phi) is 5.29. The summed E-state index contributed by atoms with van der Waals surface area (Å²) >= 11 is 0. The van der Waals surface area contributed by atoms with Crippen molar-refractivity contribution in [2.24, 2.45) is 0 Å². The molecule has 39 heavy (non-hydrogen) atoms. The molecule has 6 nitrogen and oxygen atoms in total. The van der Waals surface area contributed by atoms with E-state index in [1.54, 1.807) is 49.7 Å². The number of hydrogen-bond donors (Lipinski definition) is 0. The SMILES string of the molecule is [2H]C([2H])([2H])N1C[C@@H]2C[C@H](c3c(cccc3OC(F)F)CC1=O)n1c2nc2ccc(-c3ccc(P(C)(C)=O)cc3F)cc21. The lowest BCUT2D eigenvalue weighted by Crippen LogP contribution is -2.32. The van der Waals surface area contributed by atoms with Crippen molar-refractivity contribution in [2.45, 2.75) is 31.4 Å². The van der Waals surface area contributed by atoms with Gasteiger partial charge in [0.05, 0.1) is 23.5 Å². The molecule has 6 rings (SSSR count). The first-order valence-electron chi connectivity index (χ1n) is 14.0. The monoisotopic (exact) mass is 556 g/mol. The van der Waals surface area contributed by atoms with Gasteiger partial charge in [0.1, 0.15) is 24.5 Å². The summed E-state index contributed by atoms with van der Waals surface area (Å²) in [6, 6.07) is 13.6. The zero-order valence-corrected chi connectivity index (χ0v) is 22.1. The molecule has 2 aliphatic heterocycles. The van der Waals surface area contributed by atoms with E-state index in [9.17, 15) is 18.1 Å². The molecule has 0 spiro atoms. The van der Waals surface area contributed by atoms with E-state index in [1.165, 1.54) is 18.2 Å². The molecule has 2 bridgehead atoms. The molecule has 4 aromatic rings. The van der Waals surface area contributed by atoms with Crippen LogP contribution in [-0.4, -0.2) is 53.8 Å². The van der Waals surface area contributed by atoms with Gasteiger partial charge in [-0.05, 0) is 55.1 Å². The smallest absolute Gasteiger partial charge is 0.387 e. The summed E-state index contributed by atoms with van der Waals surface area (Å²) in [6.07, 6.45) is -0.00875. The number of fused-ring (bicyclic) bond motifs is 9. The Morgan fingerprint density at radius 3 is 2.69 bits per heavy atom. The quantitative estimate of drug-likeness (QED) is 0.299. The van der Waals surface area contributed by atoms with E-state index in [2.05, 4.69) is 0 Å². The van der Waals surface area contributed by atoms with Crippen LogP contribution in [0.3, 0.4) is 0 Å². The van der Waals surface area contributed by atoms with Crippen molar-refractivity contribution >= 4 is 29.4 Å². The fourth-order valence-corrected chi connectivity index (χ4v) is 6.61. The average molecular weight is 557 g/mol. The second-order valence-electron chi connectivity index (χ2n) is 10.4. The Bertz CT molecular complexity index is 1790. The first-order valence-corrected chi connectivity index (χ1v) is 15.1. The maximum absolute atomic E-state index is 15.3. The van der Waals surface area contributed by atoms with E-state index in [4.69, 9.17) is 13.8 Å². The summed E-state index contributed by atoms with van der Waals surface area (Å²) in [6.45, 7) is -2.83. The molecule has 0 saturated heterocycles. The van der Waals surface area contributed by atoms with Crippen molar-refractivity contribution in [3.05, 3.63) is 77.4 Å². The van der Waals surface area contributed by atoms with Gasteiger partial charge in [-0.15, -0.1) is 0 Å². The maximum Gasteiger partial charge on any atom is 0.387 e. The number of benzene rings is 3. The molecule has 0 fully saturated rings. The number of imidazole rings is 1. The average Bonchev–Trinajstić information content (AvgIpc) is 3.44. The van der Waals surface area contributed by atoms with E-state index in [-0.39, 0.29) is 24.3 Å². The molecule has 0 unspecified atom stereocenters. The highest BCUT2D eigenvalue weighted by Gasteiger charge is 2.40. The number of rotatable bonds is 4. The van der Waals surface area contributed by atoms with Crippen LogP contribution in [0.2, 0.25) is 0 Å². The van der Waals surface area contributed by atoms with Crippen LogP contribution < -0.4 is 10.0 Å². The Morgan fingerprint density at radius 2 is 1.97 bits per heavy atom. The minimum Gasteiger partial charge on any atom is -0.434 e. The first kappa shape index (κ1) is 22.3. The number of halogens is 3. The predicted molar refractivity (Wildman–Crippen MR) is 144 cm³/mol. The van der Waals surface area contributed by atoms with Crippen molar-refractivity contribution in [1.29, 1.82) is 0 Å². The Hall–Kier alpha value is -3.58. The number of nitrogens with zero attached hydrogens (tertiary/aromatic N) is 3. The molecule has 10 heteroatoms. The van der Waals surface area contributed by atoms with Gasteiger partial charge in [0.25, 0.3) is 0 Å². The predicted octanol–water partition coefficient (Wildman–Crippen LogP) is 5.78. The molecule has 3 aromatic carbocycles. The van der Waals surface area contributed by atoms with Crippen LogP contribution >= 0.6 is 7.14 Å². The molecule has 0 saturated carbocycles. The van der Waals surface area contributed by atoms with Crippen LogP contribution in [-0.2, 0) is 15.8 Å². The van der Waals surface area contributed by atoms with Gasteiger partial charge >= 0.3 is 6.61 Å². The molecule has 1 amide bonds. The lowest BCUT2D eigenvalue weighted by atomic mass is 9.93. The Balaban J connectivity index is 1.56. The largest absolute Gasteiger partial charge is 0.434 e. The first-order chi connectivity index (χ1) is 19.7. The lowest BCUT2D eigenvalue weighted by Gasteiger charge is -2.23. The third kappa shape index (κ3) is 4.42. The van der Waals surface area contributed by atoms with Gasteiger partial charge in [-0.2, -0.15) is 8.78 Å². The lowest BCUT2D eigenvalue weighted by molar-refractivity contribution is -0.129. The van der Waals surface area contributed by atoms with E-state index in [0.717, 1.165) is 4.90 Å². The molecule has 0 N–H and O–H groups in total. The van der Waals surface area contributed by atoms with Crippen LogP contribution in [0.4, 0.5) is 13.2 Å². The number of amides is 1. The number of likely N-dealkylation sites (N-methyl/N-ethyl adjacent to an activating group) is 1. The van der Waals surface area contributed by atoms with Crippen LogP contribution in [0.25, 0.3) is 22.2 Å². The number of hydrogen-bond acceptors (Lipinski definition) is 4. The number of aromatic nitrogens is 2. The minimum absolute atomic E-state index is 0.0996. The van der Waals surface area contributed by atoms with Crippen LogP contribution in [0.1, 0.15) is 39.4 Å². The van der Waals surface area contributed by atoms with Gasteiger partial charge in [0, 0.05) is 40.0 Å². The second kappa shape index (κ2) is 9.26. The zero-order valence-electron chi connectivity index (χ0n) is 24.2. The summed E-state index contributed by atoms with van der Waals surface area (Å²) in [5.41, 5.74) is 2.71. The zero-order chi connectivity index (χ0) is 30.1. The molecular formula is C29H27F3N3O3P. The Morgan fingerprint density at radius 1 is 1.15 bits per heavy atom. The van der Waals surface area contributed by atoms with Gasteiger partial charge in [-0.25, -0.2) is 9.37 Å². The van der Waals surface area contributed by atoms with Crippen molar-refractivity contribution in [1.82, 2.24) is 14.5 Å². The van der Waals surface area contributed by atoms with E-state index in [0.29, 0.717) is 45.3 Å². The fraction of sp³-hybridized carbons (Fsp3) is 0.310. The standard InChI is InChI=1S/C29H27F3N3O3P/c1-34-15-18-12-24(27-17(13-26(34)36)5-4-6-25(27)38-29(31)32)35-23-11-16(7-10-22(23)33-28(18)35)20-9-8-19(14-21(20)30)39(2,3)37/h4-11,14,18,24,29H,12-13,15H2,1-3H3/t18-,24+/m0/s1/i1D3. The van der Waals surface area contributed by atoms with Gasteiger partial charge < -0.3 is 18.8 Å². The minimum atomic E-state index is -3.12. The summed E-state index contributed by atoms with van der Waals surface area (Å²) in [7, 11) is -2.68. The molecule has 0 radical (unpaired) electrons. The molecular weight excluding hydrogens is 526 g/mol. The fourth-order valence-electron chi connectivity index (χ4n) is 5.75. The van der Waals surface area contributed by atoms with Gasteiger partial charge in [-0.3, -0.25) is 4.79 Å². The highest BCUT2D eigenvalue weighted by Crippen LogP contribution is 2.48. The summed E-state index contributed by atoms with van der Waals surface area (Å²) in [5, 5.41) is 0.420. The van der Waals surface area contributed by atoms with E-state index >= 15 is 4.39 Å². The normalized spacial score (nSPS) is 20.5. The summed E-state index contributed by atoms with van der Waals surface area (Å²) in [5.74, 6) is -1.30. The highest BCUT2D eigenvalue weighted by molar-refractivity contribution is 7.70. The highest BCUT2D eigenvalue weighted by atomic mass is 31.2. The van der Waals surface area contributed by atoms with Gasteiger partial charge in [0.15, 0.2) is 0 Å². The molecule has 2 aliphatic rings. The third-order valence-corrected chi connectivity index (χ3v) is 9.06. The van der Waals surface area contributed by atoms with Crippen molar-refractivity contribution in [2.75, 3.05) is 26.9 Å². The Labute approximate surface area is 228 Å². The number of carbonyl (C=O) groups excluding carboxylic acids is 1. The van der Waals surface area contributed by atoms with Crippen LogP contribution in [0, 0.1) is 5.82 Å². The van der Waals surface area contributed by atoms with Crippen molar-refractivity contribution in [3.8, 4) is 16.9 Å². The summed E-state index contributed by atoms with van der Waals surface area (Å²) < 4.78 is 85.6. The molecule has 3 heterocycles. The van der Waals surface area contributed by atoms with Crippen molar-refractivity contribution < 1.29 is 31.4 Å². The van der Waals surface area contributed by atoms with Crippen LogP contribution in [0.15, 0.2) is 54.6 Å². The second-order valence-corrected chi connectivity index (χ2v) is 13.6. The summed E-state index contributed by atoms with van der Waals surface area (Å²) in [4.78, 5) is 18.9. The maximum atomic E-state index is 15.3. The van der Waals surface area contributed by atoms with E-state index in [1.807, 2.05) is 4.57 Å². The topological polar surface area (TPSA) is 64.4 Å². The molecule has 0 aliphatic carbocycles. The number of alkyl halides is 2. The third-order valence-electron chi connectivity index (χ3n) is 7.54. The van der Waals surface area contributed by atoms with E-state index < -0.39 is 44.4 Å². The van der Waals surface area contributed by atoms with Gasteiger partial charge in [-0.1, -0.05) is 30.3 Å². The van der Waals surface area contributed by atoms with Crippen molar-refractivity contribution in [3.63, 3.8) is 0 Å².